The molecule has 4 amide bonds. The summed E-state index contributed by atoms with van der Waals surface area (Å²) in [6, 6.07) is 11.6. The van der Waals surface area contributed by atoms with Crippen LogP contribution < -0.4 is 5.32 Å². The molecule has 6 rings (SSSR count). The third kappa shape index (κ3) is 5.70. The summed E-state index contributed by atoms with van der Waals surface area (Å²) in [6.45, 7) is 2.65. The van der Waals surface area contributed by atoms with Crippen LogP contribution in [0.3, 0.4) is 0 Å². The van der Waals surface area contributed by atoms with Crippen molar-refractivity contribution in [1.29, 1.82) is 0 Å². The van der Waals surface area contributed by atoms with E-state index in [4.69, 9.17) is 11.6 Å². The zero-order valence-corrected chi connectivity index (χ0v) is 23.8. The molecule has 2 aromatic carbocycles. The molecule has 220 valence electrons. The van der Waals surface area contributed by atoms with Crippen molar-refractivity contribution in [3.05, 3.63) is 75.3 Å². The molecule has 1 aliphatic carbocycles. The fraction of sp³-hybridized carbons (Fsp3) is 0.419. The number of hydrogen-bond donors (Lipinski definition) is 1. The number of rotatable bonds is 5. The summed E-state index contributed by atoms with van der Waals surface area (Å²) in [5, 5.41) is 2.89. The van der Waals surface area contributed by atoms with Crippen molar-refractivity contribution in [3.8, 4) is 0 Å². The normalized spacial score (nSPS) is 22.8. The van der Waals surface area contributed by atoms with E-state index in [2.05, 4.69) is 10.2 Å². The fourth-order valence-electron chi connectivity index (χ4n) is 6.41. The molecule has 1 N–H and O–H groups in total. The molecule has 0 radical (unpaired) electrons. The number of nitrogens with one attached hydrogen (secondary N) is 1. The van der Waals surface area contributed by atoms with E-state index in [1.54, 1.807) is 35.2 Å². The molecule has 2 aromatic rings. The molecular formula is C31H31ClF2N4O4. The maximum absolute atomic E-state index is 14.4. The molecule has 3 heterocycles. The van der Waals surface area contributed by atoms with Gasteiger partial charge in [-0.2, -0.15) is 0 Å². The predicted octanol–water partition coefficient (Wildman–Crippen LogP) is 4.13. The summed E-state index contributed by atoms with van der Waals surface area (Å²) in [5.74, 6) is -3.99. The van der Waals surface area contributed by atoms with Crippen molar-refractivity contribution in [3.63, 3.8) is 0 Å². The molecular weight excluding hydrogens is 566 g/mol. The van der Waals surface area contributed by atoms with Gasteiger partial charge in [-0.15, -0.1) is 0 Å². The van der Waals surface area contributed by atoms with E-state index in [-0.39, 0.29) is 49.9 Å². The number of alkyl halides is 2. The van der Waals surface area contributed by atoms with E-state index in [1.165, 1.54) is 4.90 Å². The molecule has 2 saturated heterocycles. The number of carbonyl (C=O) groups is 4. The molecule has 42 heavy (non-hydrogen) atoms. The summed E-state index contributed by atoms with van der Waals surface area (Å²) >= 11 is 6.04. The second kappa shape index (κ2) is 11.2. The van der Waals surface area contributed by atoms with Crippen LogP contribution in [0.5, 0.6) is 0 Å². The molecule has 1 atom stereocenters. The van der Waals surface area contributed by atoms with Crippen LogP contribution in [0.15, 0.2) is 48.0 Å². The van der Waals surface area contributed by atoms with Crippen molar-refractivity contribution >= 4 is 40.8 Å². The maximum atomic E-state index is 14.4. The number of allylic oxidation sites excluding steroid dienone is 1. The van der Waals surface area contributed by atoms with Gasteiger partial charge in [-0.05, 0) is 65.4 Å². The number of carbonyl (C=O) groups excluding carboxylic acids is 4. The molecule has 1 unspecified atom stereocenters. The molecule has 2 fully saturated rings. The third-order valence-electron chi connectivity index (χ3n) is 8.68. The summed E-state index contributed by atoms with van der Waals surface area (Å²) in [6.07, 6.45) is 0.316. The number of imide groups is 1. The summed E-state index contributed by atoms with van der Waals surface area (Å²) in [4.78, 5) is 55.5. The number of hydrogen-bond acceptors (Lipinski definition) is 5. The van der Waals surface area contributed by atoms with Crippen LogP contribution in [-0.4, -0.2) is 83.0 Å². The number of piperazine rings is 1. The van der Waals surface area contributed by atoms with Crippen molar-refractivity contribution in [2.75, 3.05) is 32.7 Å². The summed E-state index contributed by atoms with van der Waals surface area (Å²) < 4.78 is 28.8. The van der Waals surface area contributed by atoms with Gasteiger partial charge in [-0.1, -0.05) is 23.7 Å². The Hall–Kier alpha value is -3.63. The van der Waals surface area contributed by atoms with Crippen LogP contribution in [0.4, 0.5) is 8.78 Å². The van der Waals surface area contributed by atoms with Gasteiger partial charge in [0.1, 0.15) is 6.04 Å². The van der Waals surface area contributed by atoms with Gasteiger partial charge < -0.3 is 9.80 Å². The highest BCUT2D eigenvalue weighted by molar-refractivity contribution is 6.30. The SMILES string of the molecule is O=C1CCC(N2Cc3cc(C(=O)N4CCN(CC5=C(c6ccc(Cl)cc6)CCC(F)(F)C5)CC4)ccc3C2=O)C(=O)N1. The van der Waals surface area contributed by atoms with Gasteiger partial charge in [0.05, 0.1) is 0 Å². The minimum Gasteiger partial charge on any atom is -0.336 e. The smallest absolute Gasteiger partial charge is 0.255 e. The van der Waals surface area contributed by atoms with Crippen molar-refractivity contribution < 1.29 is 28.0 Å². The van der Waals surface area contributed by atoms with Gasteiger partial charge in [0.15, 0.2) is 0 Å². The van der Waals surface area contributed by atoms with Gasteiger partial charge in [0.25, 0.3) is 17.7 Å². The topological polar surface area (TPSA) is 90.0 Å². The molecule has 4 aliphatic rings. The van der Waals surface area contributed by atoms with Gasteiger partial charge in [-0.25, -0.2) is 8.78 Å². The third-order valence-corrected chi connectivity index (χ3v) is 8.93. The minimum absolute atomic E-state index is 0.158. The second-order valence-corrected chi connectivity index (χ2v) is 11.9. The molecule has 11 heteroatoms. The van der Waals surface area contributed by atoms with E-state index in [1.807, 2.05) is 12.1 Å². The highest BCUT2D eigenvalue weighted by Gasteiger charge is 2.40. The predicted molar refractivity (Wildman–Crippen MR) is 152 cm³/mol. The quantitative estimate of drug-likeness (QED) is 0.524. The number of nitrogens with zero attached hydrogens (tertiary/aromatic N) is 3. The Labute approximate surface area is 247 Å². The van der Waals surface area contributed by atoms with Crippen LogP contribution in [-0.2, 0) is 16.1 Å². The maximum Gasteiger partial charge on any atom is 0.255 e. The number of piperidine rings is 1. The van der Waals surface area contributed by atoms with Crippen molar-refractivity contribution in [1.82, 2.24) is 20.0 Å². The average molecular weight is 597 g/mol. The Morgan fingerprint density at radius 2 is 1.74 bits per heavy atom. The highest BCUT2D eigenvalue weighted by Crippen LogP contribution is 2.41. The summed E-state index contributed by atoms with van der Waals surface area (Å²) in [7, 11) is 0. The van der Waals surface area contributed by atoms with Gasteiger partial charge in [0.2, 0.25) is 11.8 Å². The highest BCUT2D eigenvalue weighted by atomic mass is 35.5. The molecule has 8 nitrogen and oxygen atoms in total. The molecule has 0 aromatic heterocycles. The Bertz CT molecular complexity index is 1480. The zero-order valence-electron chi connectivity index (χ0n) is 23.0. The number of fused-ring (bicyclic) bond motifs is 1. The Morgan fingerprint density at radius 1 is 1.00 bits per heavy atom. The van der Waals surface area contributed by atoms with Gasteiger partial charge >= 0.3 is 0 Å². The van der Waals surface area contributed by atoms with E-state index in [0.29, 0.717) is 60.9 Å². The van der Waals surface area contributed by atoms with Crippen molar-refractivity contribution in [2.45, 2.75) is 50.6 Å². The van der Waals surface area contributed by atoms with Crippen LogP contribution in [0, 0.1) is 0 Å². The lowest BCUT2D eigenvalue weighted by atomic mass is 9.85. The number of amides is 4. The Balaban J connectivity index is 1.10. The number of benzene rings is 2. The Kier molecular flexibility index (Phi) is 7.61. The Morgan fingerprint density at radius 3 is 2.45 bits per heavy atom. The van der Waals surface area contributed by atoms with E-state index in [0.717, 1.165) is 16.7 Å². The first-order valence-corrected chi connectivity index (χ1v) is 14.6. The van der Waals surface area contributed by atoms with E-state index >= 15 is 0 Å². The monoisotopic (exact) mass is 596 g/mol. The summed E-state index contributed by atoms with van der Waals surface area (Å²) in [5.41, 5.74) is 4.20. The first kappa shape index (κ1) is 28.5. The molecule has 0 saturated carbocycles. The minimum atomic E-state index is -2.73. The van der Waals surface area contributed by atoms with E-state index < -0.39 is 17.9 Å². The first-order valence-electron chi connectivity index (χ1n) is 14.2. The molecule has 3 aliphatic heterocycles. The van der Waals surface area contributed by atoms with Crippen LogP contribution in [0.2, 0.25) is 5.02 Å². The van der Waals surface area contributed by atoms with Crippen LogP contribution in [0.1, 0.15) is 63.9 Å². The molecule has 0 spiro atoms. The first-order chi connectivity index (χ1) is 20.1. The zero-order chi connectivity index (χ0) is 29.6. The molecule has 0 bridgehead atoms. The average Bonchev–Trinajstić information content (AvgIpc) is 3.28. The van der Waals surface area contributed by atoms with Crippen LogP contribution >= 0.6 is 11.6 Å². The van der Waals surface area contributed by atoms with Gasteiger partial charge in [-0.3, -0.25) is 29.4 Å². The second-order valence-electron chi connectivity index (χ2n) is 11.5. The van der Waals surface area contributed by atoms with E-state index in [9.17, 15) is 28.0 Å². The van der Waals surface area contributed by atoms with Gasteiger partial charge in [0, 0.05) is 74.7 Å². The standard InChI is InChI=1S/C31H31ClF2N4O4/c32-23-4-1-19(2-5-23)24-9-10-31(33,34)16-22(24)17-36-11-13-37(14-12-36)29(41)20-3-6-25-21(15-20)18-38(30(25)42)26-7-8-27(39)35-28(26)40/h1-6,15,26H,7-14,16-18H2,(H,35,39,40). The lowest BCUT2D eigenvalue weighted by Crippen LogP contribution is -2.52. The van der Waals surface area contributed by atoms with Crippen molar-refractivity contribution in [2.24, 2.45) is 0 Å². The lowest BCUT2D eigenvalue weighted by Gasteiger charge is -2.37. The fourth-order valence-corrected chi connectivity index (χ4v) is 6.54. The number of halogens is 3. The van der Waals surface area contributed by atoms with Crippen LogP contribution in [0.25, 0.3) is 5.57 Å². The largest absolute Gasteiger partial charge is 0.336 e. The lowest BCUT2D eigenvalue weighted by molar-refractivity contribution is -0.136.